The second kappa shape index (κ2) is 26.7. The molecule has 0 saturated carbocycles. The van der Waals surface area contributed by atoms with Gasteiger partial charge in [-0.15, -0.1) is 0 Å². The lowest BCUT2D eigenvalue weighted by atomic mass is 9.79. The summed E-state index contributed by atoms with van der Waals surface area (Å²) < 4.78 is 17.0. The van der Waals surface area contributed by atoms with Crippen LogP contribution in [-0.4, -0.2) is 107 Å². The Bertz CT molecular complexity index is 2940. The molecule has 0 bridgehead atoms. The fourth-order valence-electron chi connectivity index (χ4n) is 9.25. The van der Waals surface area contributed by atoms with Crippen LogP contribution in [0.3, 0.4) is 0 Å². The average molecular weight is 1090 g/mol. The zero-order chi connectivity index (χ0) is 57.6. The molecule has 22 nitrogen and oxygen atoms in total. The summed E-state index contributed by atoms with van der Waals surface area (Å²) in [6.07, 6.45) is 1.39. The Morgan fingerprint density at radius 1 is 0.823 bits per heavy atom. The molecule has 1 fully saturated rings. The van der Waals surface area contributed by atoms with E-state index < -0.39 is 116 Å². The van der Waals surface area contributed by atoms with E-state index in [0.29, 0.717) is 16.9 Å². The second-order valence-electron chi connectivity index (χ2n) is 20.5. The highest BCUT2D eigenvalue weighted by Gasteiger charge is 2.55. The van der Waals surface area contributed by atoms with Crippen molar-refractivity contribution in [2.75, 3.05) is 11.4 Å². The first-order valence-corrected chi connectivity index (χ1v) is 26.1. The van der Waals surface area contributed by atoms with Crippen LogP contribution in [0.4, 0.5) is 21.9 Å². The highest BCUT2D eigenvalue weighted by molar-refractivity contribution is 6.12. The van der Waals surface area contributed by atoms with Gasteiger partial charge in [-0.1, -0.05) is 113 Å². The Hall–Kier alpha value is -8.53. The normalized spacial score (nSPS) is 15.9. The van der Waals surface area contributed by atoms with Crippen LogP contribution < -0.4 is 20.3 Å². The number of aromatic nitrogens is 2. The third-order valence-corrected chi connectivity index (χ3v) is 13.9. The number of hydrogen-bond acceptors (Lipinski definition) is 15. The molecule has 1 aliphatic heterocycles. The lowest BCUT2D eigenvalue weighted by Gasteiger charge is -2.39. The number of alkyl carbamates (subject to hydrolysis) is 1. The summed E-state index contributed by atoms with van der Waals surface area (Å²) in [5, 5.41) is 43.3. The van der Waals surface area contributed by atoms with Gasteiger partial charge in [-0.2, -0.15) is 0 Å². The third-order valence-electron chi connectivity index (χ3n) is 13.9. The van der Waals surface area contributed by atoms with Crippen molar-refractivity contribution in [3.8, 4) is 5.75 Å². The number of likely N-dealkylation sites (tertiary alicyclic amines) is 1. The molecule has 420 valence electrons. The number of carbonyl (C=O) groups is 6. The van der Waals surface area contributed by atoms with E-state index >= 15 is 9.59 Å². The monoisotopic (exact) mass is 1090 g/mol. The molecule has 7 atom stereocenters. The maximum Gasteiger partial charge on any atom is 0.408 e. The van der Waals surface area contributed by atoms with Crippen LogP contribution in [0.5, 0.6) is 5.75 Å². The van der Waals surface area contributed by atoms with E-state index in [1.807, 2.05) is 30.3 Å². The standard InChI is InChI=1S/C57H68N8O14/c1-8-36(3)48(61-51(67)43(60-55(71)79-56(5,6)7)30-38-25-27-42(28-26-38)77-33-39-18-12-10-13-19-39)53(69)63(44-22-16-23-45(64(73)74)49(44)65(75)76)47(31-41-32-58-35-59-41)52(68)62-29-17-24-46(62)50(66)57(72,37(4)9-2)54(70)78-34-40-20-14-11-15-21-40/h10-16,18-23,25-28,32,35-37,43,46-48,72H,8-9,17,24,29-31,33-34H2,1-7H3,(H,58,59)(H,60,71)(H,61,67)/t36-,37?,43-,46-,47-,48-,57?/m0/s1. The fraction of sp³-hybridized carbons (Fsp3) is 0.421. The van der Waals surface area contributed by atoms with Gasteiger partial charge in [0.05, 0.1) is 22.2 Å². The minimum atomic E-state index is -2.78. The number of hydrogen-bond donors (Lipinski definition) is 4. The van der Waals surface area contributed by atoms with Crippen LogP contribution in [0.2, 0.25) is 0 Å². The summed E-state index contributed by atoms with van der Waals surface area (Å²) in [6, 6.07) is 21.3. The Labute approximate surface area is 457 Å². The number of esters is 1. The summed E-state index contributed by atoms with van der Waals surface area (Å²) in [5.74, 6) is -6.70. The number of H-pyrrole nitrogens is 1. The van der Waals surface area contributed by atoms with Crippen LogP contribution in [0.25, 0.3) is 0 Å². The molecular formula is C57H68N8O14. The van der Waals surface area contributed by atoms with Gasteiger partial charge >= 0.3 is 23.4 Å². The number of para-hydroxylation sites is 1. The summed E-state index contributed by atoms with van der Waals surface area (Å²) in [5.41, 5.74) is -4.42. The number of nitro benzene ring substituents is 2. The number of Topliss-reactive ketones (excluding diaryl/α,β-unsaturated/α-hetero) is 1. The van der Waals surface area contributed by atoms with Crippen molar-refractivity contribution in [1.29, 1.82) is 0 Å². The molecule has 1 aromatic heterocycles. The number of nitrogens with one attached hydrogen (secondary N) is 3. The number of nitro groups is 2. The van der Waals surface area contributed by atoms with Gasteiger partial charge in [0, 0.05) is 43.3 Å². The fourth-order valence-corrected chi connectivity index (χ4v) is 9.25. The summed E-state index contributed by atoms with van der Waals surface area (Å²) >= 11 is 0. The topological polar surface area (TPSA) is 296 Å². The largest absolute Gasteiger partial charge is 0.489 e. The van der Waals surface area contributed by atoms with Crippen LogP contribution in [0, 0.1) is 32.1 Å². The summed E-state index contributed by atoms with van der Waals surface area (Å²) in [6.45, 7) is 11.2. The molecule has 1 saturated heterocycles. The Morgan fingerprint density at radius 2 is 1.47 bits per heavy atom. The molecule has 2 unspecified atom stereocenters. The molecule has 4 aromatic carbocycles. The van der Waals surface area contributed by atoms with Crippen molar-refractivity contribution in [3.05, 3.63) is 158 Å². The predicted octanol–water partition coefficient (Wildman–Crippen LogP) is 7.50. The number of nitrogens with zero attached hydrogens (tertiary/aromatic N) is 5. The molecule has 0 radical (unpaired) electrons. The van der Waals surface area contributed by atoms with Crippen molar-refractivity contribution < 1.29 is 57.9 Å². The Balaban J connectivity index is 1.43. The van der Waals surface area contributed by atoms with Gasteiger partial charge in [0.15, 0.2) is 5.78 Å². The lowest BCUT2D eigenvalue weighted by Crippen LogP contribution is -2.63. The molecule has 2 heterocycles. The number of amides is 4. The SMILES string of the molecule is CCC(C)C(O)(C(=O)OCc1ccccc1)C(=O)[C@@H]1CCCN1C(=O)[C@H](Cc1cnc[nH]1)N(C(=O)[C@@H](NC(=O)[C@H](Cc1ccc(OCc2ccccc2)cc1)NC(=O)OC(C)(C)C)[C@@H](C)CC)c1cccc([N+](=O)[O-])c1[N+](=O)[O-]. The van der Waals surface area contributed by atoms with Gasteiger partial charge in [-0.05, 0) is 80.8 Å². The molecule has 22 heteroatoms. The first-order chi connectivity index (χ1) is 37.6. The van der Waals surface area contributed by atoms with Gasteiger partial charge in [0.1, 0.15) is 48.4 Å². The number of anilines is 1. The molecule has 0 aliphatic carbocycles. The lowest BCUT2D eigenvalue weighted by molar-refractivity contribution is -0.422. The molecular weight excluding hydrogens is 1020 g/mol. The molecule has 5 aromatic rings. The quantitative estimate of drug-likeness (QED) is 0.0190. The van der Waals surface area contributed by atoms with Crippen LogP contribution in [0.1, 0.15) is 96.5 Å². The van der Waals surface area contributed by atoms with Crippen molar-refractivity contribution >= 4 is 52.6 Å². The molecule has 79 heavy (non-hydrogen) atoms. The van der Waals surface area contributed by atoms with Gasteiger partial charge in [0.25, 0.3) is 5.91 Å². The first kappa shape index (κ1) is 59.7. The first-order valence-electron chi connectivity index (χ1n) is 26.1. The van der Waals surface area contributed by atoms with Gasteiger partial charge in [0.2, 0.25) is 17.4 Å². The zero-order valence-electron chi connectivity index (χ0n) is 45.3. The van der Waals surface area contributed by atoms with Gasteiger partial charge < -0.3 is 39.8 Å². The van der Waals surface area contributed by atoms with E-state index in [1.54, 1.807) is 96.1 Å². The Morgan fingerprint density at radius 3 is 2.04 bits per heavy atom. The molecule has 0 spiro atoms. The summed E-state index contributed by atoms with van der Waals surface area (Å²) in [7, 11) is 0. The van der Waals surface area contributed by atoms with E-state index in [-0.39, 0.29) is 57.6 Å². The second-order valence-corrected chi connectivity index (χ2v) is 20.5. The molecule has 4 amide bonds. The minimum Gasteiger partial charge on any atom is -0.489 e. The molecule has 6 rings (SSSR count). The van der Waals surface area contributed by atoms with Crippen molar-refractivity contribution in [3.63, 3.8) is 0 Å². The number of aromatic amines is 1. The van der Waals surface area contributed by atoms with E-state index in [2.05, 4.69) is 20.6 Å². The maximum atomic E-state index is 15.9. The number of carbonyl (C=O) groups excluding carboxylic acids is 6. The van der Waals surface area contributed by atoms with Crippen molar-refractivity contribution in [2.45, 2.75) is 136 Å². The van der Waals surface area contributed by atoms with Crippen LogP contribution in [0.15, 0.2) is 116 Å². The Kier molecular flexibility index (Phi) is 20.2. The van der Waals surface area contributed by atoms with Gasteiger partial charge in [-0.3, -0.25) is 44.3 Å². The summed E-state index contributed by atoms with van der Waals surface area (Å²) in [4.78, 5) is 121. The molecule has 4 N–H and O–H groups in total. The number of aliphatic hydroxyl groups is 1. The highest BCUT2D eigenvalue weighted by atomic mass is 16.6. The number of ether oxygens (including phenoxy) is 3. The van der Waals surface area contributed by atoms with E-state index in [4.69, 9.17) is 14.2 Å². The van der Waals surface area contributed by atoms with Crippen molar-refractivity contribution in [2.24, 2.45) is 11.8 Å². The number of benzene rings is 4. The number of ketones is 1. The number of imidazole rings is 1. The van der Waals surface area contributed by atoms with E-state index in [1.165, 1.54) is 19.4 Å². The van der Waals surface area contributed by atoms with Crippen LogP contribution in [-0.2, 0) is 59.5 Å². The number of rotatable bonds is 25. The van der Waals surface area contributed by atoms with E-state index in [0.717, 1.165) is 33.6 Å². The molecule has 1 aliphatic rings. The van der Waals surface area contributed by atoms with Gasteiger partial charge in [-0.25, -0.2) is 14.6 Å². The van der Waals surface area contributed by atoms with Crippen LogP contribution >= 0.6 is 0 Å². The third kappa shape index (κ3) is 14.9. The smallest absolute Gasteiger partial charge is 0.408 e. The minimum absolute atomic E-state index is 0.0575. The zero-order valence-corrected chi connectivity index (χ0v) is 45.3. The van der Waals surface area contributed by atoms with Crippen molar-refractivity contribution in [1.82, 2.24) is 25.5 Å². The maximum absolute atomic E-state index is 15.9. The predicted molar refractivity (Wildman–Crippen MR) is 289 cm³/mol. The highest BCUT2D eigenvalue weighted by Crippen LogP contribution is 2.40. The average Bonchev–Trinajstić information content (AvgIpc) is 4.26. The van der Waals surface area contributed by atoms with E-state index in [9.17, 15) is 44.5 Å².